The monoisotopic (exact) mass is 613 g/mol. The Hall–Kier alpha value is -3.86. The third-order valence-corrected chi connectivity index (χ3v) is 8.20. The van der Waals surface area contributed by atoms with Gasteiger partial charge in [-0.2, -0.15) is 0 Å². The van der Waals surface area contributed by atoms with Crippen LogP contribution in [0.25, 0.3) is 0 Å². The number of anilines is 1. The van der Waals surface area contributed by atoms with Crippen molar-refractivity contribution >= 4 is 23.3 Å². The summed E-state index contributed by atoms with van der Waals surface area (Å²) >= 11 is 0. The Kier molecular flexibility index (Phi) is 10.4. The number of fused-ring (bicyclic) bond motifs is 1. The molecule has 2 aliphatic heterocycles. The number of carboxylic acid groups (broad SMARTS) is 1. The number of nitrogens with zero attached hydrogens (tertiary/aromatic N) is 2. The van der Waals surface area contributed by atoms with Crippen LogP contribution < -0.4 is 19.1 Å². The van der Waals surface area contributed by atoms with E-state index in [9.17, 15) is 9.59 Å². The normalized spacial score (nSPS) is 16.3. The summed E-state index contributed by atoms with van der Waals surface area (Å²) in [5.74, 6) is -0.581. The highest BCUT2D eigenvalue weighted by molar-refractivity contribution is 6.06. The lowest BCUT2D eigenvalue weighted by Gasteiger charge is -2.30. The van der Waals surface area contributed by atoms with Crippen molar-refractivity contribution in [3.05, 3.63) is 46.3 Å². The zero-order valence-electron chi connectivity index (χ0n) is 26.5. The number of hydrogen-bond donors (Lipinski definition) is 2. The summed E-state index contributed by atoms with van der Waals surface area (Å²) in [5.41, 5.74) is 2.46. The molecule has 44 heavy (non-hydrogen) atoms. The van der Waals surface area contributed by atoms with Crippen molar-refractivity contribution in [3.63, 3.8) is 0 Å². The summed E-state index contributed by atoms with van der Waals surface area (Å²) in [7, 11) is 4.47. The van der Waals surface area contributed by atoms with Crippen LogP contribution >= 0.6 is 0 Å². The molecule has 11 heteroatoms. The molecule has 2 heterocycles. The van der Waals surface area contributed by atoms with Crippen LogP contribution in [0.3, 0.4) is 0 Å². The summed E-state index contributed by atoms with van der Waals surface area (Å²) in [6.45, 7) is 8.78. The minimum Gasteiger partial charge on any atom is -0.493 e. The molecule has 2 aromatic rings. The number of ketones is 1. The fourth-order valence-electron chi connectivity index (χ4n) is 5.92. The molecule has 1 fully saturated rings. The zero-order chi connectivity index (χ0) is 32.2. The van der Waals surface area contributed by atoms with Gasteiger partial charge in [0.05, 0.1) is 45.2 Å². The summed E-state index contributed by atoms with van der Waals surface area (Å²) in [5, 5.41) is 17.7. The van der Waals surface area contributed by atoms with Crippen LogP contribution in [0.15, 0.2) is 18.2 Å². The molecule has 2 aromatic carbocycles. The molecular weight excluding hydrogens is 569 g/mol. The first-order valence-corrected chi connectivity index (χ1v) is 15.0. The van der Waals surface area contributed by atoms with E-state index in [0.717, 1.165) is 30.8 Å². The minimum absolute atomic E-state index is 0.0698. The van der Waals surface area contributed by atoms with Crippen molar-refractivity contribution in [3.8, 4) is 17.2 Å². The maximum Gasteiger partial charge on any atom is 0.303 e. The van der Waals surface area contributed by atoms with E-state index in [-0.39, 0.29) is 53.6 Å². The number of halogens is 1. The van der Waals surface area contributed by atoms with E-state index in [1.165, 1.54) is 14.2 Å². The molecule has 0 bridgehead atoms. The second-order valence-corrected chi connectivity index (χ2v) is 12.5. The molecule has 1 atom stereocenters. The van der Waals surface area contributed by atoms with Crippen LogP contribution in [0.4, 0.5) is 10.1 Å². The molecular formula is C33H44FN3O7. The van der Waals surface area contributed by atoms with E-state index in [0.29, 0.717) is 48.8 Å². The molecule has 0 radical (unpaired) electrons. The first-order chi connectivity index (χ1) is 20.9. The van der Waals surface area contributed by atoms with Crippen molar-refractivity contribution in [2.75, 3.05) is 59.1 Å². The Morgan fingerprint density at radius 1 is 1.09 bits per heavy atom. The maximum atomic E-state index is 15.3. The first-order valence-electron chi connectivity index (χ1n) is 15.0. The highest BCUT2D eigenvalue weighted by Gasteiger charge is 2.34. The molecule has 0 aromatic heterocycles. The van der Waals surface area contributed by atoms with Gasteiger partial charge in [0.2, 0.25) is 0 Å². The number of aliphatic carboxylic acids is 1. The highest BCUT2D eigenvalue weighted by atomic mass is 19.1. The van der Waals surface area contributed by atoms with Crippen molar-refractivity contribution in [2.24, 2.45) is 5.92 Å². The lowest BCUT2D eigenvalue weighted by molar-refractivity contribution is -0.137. The molecule has 2 N–H and O–H groups in total. The molecule has 10 nitrogen and oxygen atoms in total. The topological polar surface area (TPSA) is 122 Å². The van der Waals surface area contributed by atoms with Crippen molar-refractivity contribution < 1.29 is 38.0 Å². The SMILES string of the molecule is COCC1CCN(c2cc(C(=O)CN3Cc4cc(OC)c(OC)c(F)c4C3=N)cc(C(C)(C)C)c2OCCCCC(=O)O)C1. The average Bonchev–Trinajstić information content (AvgIpc) is 3.56. The summed E-state index contributed by atoms with van der Waals surface area (Å²) in [4.78, 5) is 28.7. The molecule has 2 aliphatic rings. The van der Waals surface area contributed by atoms with Crippen LogP contribution in [0, 0.1) is 17.1 Å². The third-order valence-electron chi connectivity index (χ3n) is 8.20. The molecule has 1 unspecified atom stereocenters. The predicted molar refractivity (Wildman–Crippen MR) is 165 cm³/mol. The number of benzene rings is 2. The van der Waals surface area contributed by atoms with Crippen molar-refractivity contribution in [1.82, 2.24) is 4.90 Å². The molecule has 0 aliphatic carbocycles. The van der Waals surface area contributed by atoms with Gasteiger partial charge in [0.25, 0.3) is 0 Å². The first kappa shape index (κ1) is 33.0. The van der Waals surface area contributed by atoms with E-state index in [1.54, 1.807) is 18.1 Å². The fraction of sp³-hybridized carbons (Fsp3) is 0.545. The van der Waals surface area contributed by atoms with Crippen molar-refractivity contribution in [1.29, 1.82) is 5.41 Å². The Labute approximate surface area is 258 Å². The number of unbranched alkanes of at least 4 members (excludes halogenated alkanes) is 1. The Balaban J connectivity index is 1.66. The maximum absolute atomic E-state index is 15.3. The van der Waals surface area contributed by atoms with E-state index >= 15 is 4.39 Å². The van der Waals surface area contributed by atoms with Gasteiger partial charge in [0.1, 0.15) is 11.6 Å². The smallest absolute Gasteiger partial charge is 0.303 e. The number of nitrogens with one attached hydrogen (secondary N) is 1. The van der Waals surface area contributed by atoms with Gasteiger partial charge in [-0.25, -0.2) is 4.39 Å². The standard InChI is InChI=1S/C33H44FN3O7/c1-33(2,3)23-13-21(25(38)18-37-17-22-15-26(42-5)31(43-6)29(34)28(22)32(37)35)14-24(36-11-10-20(16-36)19-41-4)30(23)44-12-8-7-9-27(39)40/h13-15,20,35H,7-12,16-19H2,1-6H3,(H,39,40). The number of ether oxygens (including phenoxy) is 4. The second-order valence-electron chi connectivity index (χ2n) is 12.5. The Bertz CT molecular complexity index is 1400. The molecule has 240 valence electrons. The Morgan fingerprint density at radius 2 is 1.84 bits per heavy atom. The summed E-state index contributed by atoms with van der Waals surface area (Å²) in [6, 6.07) is 5.37. The average molecular weight is 614 g/mol. The van der Waals surface area contributed by atoms with Gasteiger partial charge in [-0.3, -0.25) is 15.0 Å². The van der Waals surface area contributed by atoms with Crippen LogP contribution in [-0.4, -0.2) is 81.8 Å². The third kappa shape index (κ3) is 7.09. The number of carbonyl (C=O) groups is 2. The van der Waals surface area contributed by atoms with E-state index < -0.39 is 11.8 Å². The zero-order valence-corrected chi connectivity index (χ0v) is 26.5. The van der Waals surface area contributed by atoms with Crippen molar-refractivity contribution in [2.45, 2.75) is 58.4 Å². The van der Waals surface area contributed by atoms with Gasteiger partial charge in [0.15, 0.2) is 23.1 Å². The van der Waals surface area contributed by atoms with E-state index in [2.05, 4.69) is 25.7 Å². The van der Waals surface area contributed by atoms with Gasteiger partial charge >= 0.3 is 5.97 Å². The lowest BCUT2D eigenvalue weighted by Crippen LogP contribution is -2.31. The Morgan fingerprint density at radius 3 is 2.48 bits per heavy atom. The van der Waals surface area contributed by atoms with E-state index in [1.807, 2.05) is 12.1 Å². The number of hydrogen-bond acceptors (Lipinski definition) is 8. The van der Waals surface area contributed by atoms with Crippen LogP contribution in [0.1, 0.15) is 73.5 Å². The molecule has 4 rings (SSSR count). The lowest BCUT2D eigenvalue weighted by atomic mass is 9.84. The van der Waals surface area contributed by atoms with Crippen LogP contribution in [-0.2, 0) is 21.5 Å². The number of rotatable bonds is 14. The molecule has 1 saturated heterocycles. The second kappa shape index (κ2) is 13.8. The van der Waals surface area contributed by atoms with Gasteiger partial charge in [0, 0.05) is 50.2 Å². The van der Waals surface area contributed by atoms with Gasteiger partial charge in [-0.15, -0.1) is 0 Å². The number of amidine groups is 1. The number of carboxylic acids is 1. The molecule has 0 spiro atoms. The van der Waals surface area contributed by atoms with Gasteiger partial charge < -0.3 is 33.9 Å². The van der Waals surface area contributed by atoms with Gasteiger partial charge in [-0.05, 0) is 48.4 Å². The quantitative estimate of drug-likeness (QED) is 0.217. The summed E-state index contributed by atoms with van der Waals surface area (Å²) < 4.78 is 37.6. The highest BCUT2D eigenvalue weighted by Crippen LogP contribution is 2.43. The number of Topliss-reactive ketones (excluding diaryl/α,β-unsaturated/α-hetero) is 1. The van der Waals surface area contributed by atoms with Crippen LogP contribution in [0.5, 0.6) is 17.2 Å². The predicted octanol–water partition coefficient (Wildman–Crippen LogP) is 5.27. The number of methoxy groups -OCH3 is 3. The molecule has 0 amide bonds. The molecule has 0 saturated carbocycles. The minimum atomic E-state index is -0.833. The van der Waals surface area contributed by atoms with Crippen LogP contribution in [0.2, 0.25) is 0 Å². The van der Waals surface area contributed by atoms with E-state index in [4.69, 9.17) is 29.5 Å². The number of carbonyl (C=O) groups excluding carboxylic acids is 1. The summed E-state index contributed by atoms with van der Waals surface area (Å²) in [6.07, 6.45) is 2.12. The fourth-order valence-corrected chi connectivity index (χ4v) is 5.92. The largest absolute Gasteiger partial charge is 0.493 e. The van der Waals surface area contributed by atoms with Gasteiger partial charge in [-0.1, -0.05) is 20.8 Å².